The lowest BCUT2D eigenvalue weighted by atomic mass is 10.0. The van der Waals surface area contributed by atoms with E-state index < -0.39 is 10.0 Å². The summed E-state index contributed by atoms with van der Waals surface area (Å²) >= 11 is 0. The molecule has 0 aromatic heterocycles. The zero-order valence-corrected chi connectivity index (χ0v) is 16.6. The van der Waals surface area contributed by atoms with E-state index in [1.54, 1.807) is 24.1 Å². The van der Waals surface area contributed by atoms with Crippen LogP contribution in [0.3, 0.4) is 0 Å². The fraction of sp³-hybridized carbons (Fsp3) is 0.611. The number of nitrogens with one attached hydrogen (secondary N) is 1. The molecule has 0 bridgehead atoms. The molecule has 1 aliphatic rings. The van der Waals surface area contributed by atoms with E-state index in [9.17, 15) is 13.2 Å². The minimum Gasteiger partial charge on any atom is -0.383 e. The van der Waals surface area contributed by atoms with Crippen LogP contribution in [0, 0.1) is 0 Å². The van der Waals surface area contributed by atoms with Crippen LogP contribution < -0.4 is 4.72 Å². The van der Waals surface area contributed by atoms with Gasteiger partial charge in [0.1, 0.15) is 0 Å². The zero-order chi connectivity index (χ0) is 19.2. The molecule has 1 N–H and O–H groups in total. The number of ether oxygens (including phenoxy) is 1. The summed E-state index contributed by atoms with van der Waals surface area (Å²) in [4.78, 5) is 16.7. The smallest absolute Gasteiger partial charge is 0.254 e. The van der Waals surface area contributed by atoms with Crippen molar-refractivity contribution in [3.05, 3.63) is 29.8 Å². The molecule has 1 aromatic carbocycles. The number of hydrogen-bond donors (Lipinski definition) is 1. The molecule has 1 atom stereocenters. The van der Waals surface area contributed by atoms with Crippen molar-refractivity contribution in [2.75, 3.05) is 47.4 Å². The fourth-order valence-electron chi connectivity index (χ4n) is 3.08. The Hall–Kier alpha value is -1.48. The van der Waals surface area contributed by atoms with E-state index in [0.717, 1.165) is 19.3 Å². The van der Waals surface area contributed by atoms with E-state index in [4.69, 9.17) is 4.74 Å². The third-order valence-electron chi connectivity index (χ3n) is 4.49. The predicted octanol–water partition coefficient (Wildman–Crippen LogP) is 1.17. The highest BCUT2D eigenvalue weighted by Crippen LogP contribution is 2.21. The van der Waals surface area contributed by atoms with Gasteiger partial charge in [-0.05, 0) is 51.6 Å². The van der Waals surface area contributed by atoms with E-state index in [0.29, 0.717) is 31.8 Å². The quantitative estimate of drug-likeness (QED) is 0.729. The molecule has 1 amide bonds. The minimum absolute atomic E-state index is 0.0414. The highest BCUT2D eigenvalue weighted by Gasteiger charge is 2.28. The van der Waals surface area contributed by atoms with Crippen molar-refractivity contribution in [3.63, 3.8) is 0 Å². The first-order chi connectivity index (χ1) is 12.3. The second-order valence-corrected chi connectivity index (χ2v) is 8.60. The maximum atomic E-state index is 12.9. The van der Waals surface area contributed by atoms with Gasteiger partial charge in [0.05, 0.1) is 17.5 Å². The van der Waals surface area contributed by atoms with Gasteiger partial charge in [0.15, 0.2) is 0 Å². The van der Waals surface area contributed by atoms with E-state index in [2.05, 4.69) is 4.72 Å². The average Bonchev–Trinajstić information content (AvgIpc) is 2.61. The van der Waals surface area contributed by atoms with Crippen LogP contribution in [0.25, 0.3) is 0 Å². The van der Waals surface area contributed by atoms with Crippen molar-refractivity contribution in [2.45, 2.75) is 30.2 Å². The van der Waals surface area contributed by atoms with Gasteiger partial charge in [-0.3, -0.25) is 4.79 Å². The molecule has 7 nitrogen and oxygen atoms in total. The number of nitrogens with zero attached hydrogens (tertiary/aromatic N) is 2. The van der Waals surface area contributed by atoms with Crippen LogP contribution in [-0.4, -0.2) is 77.6 Å². The molecule has 0 aliphatic carbocycles. The van der Waals surface area contributed by atoms with E-state index >= 15 is 0 Å². The number of methoxy groups -OCH3 is 1. The SMILES string of the molecule is COCC1CCCCN1C(=O)c1cccc(S(=O)(=O)NCCN(C)C)c1. The largest absolute Gasteiger partial charge is 0.383 e. The van der Waals surface area contributed by atoms with Crippen LogP contribution in [-0.2, 0) is 14.8 Å². The van der Waals surface area contributed by atoms with Crippen LogP contribution in [0.2, 0.25) is 0 Å². The highest BCUT2D eigenvalue weighted by molar-refractivity contribution is 7.89. The molecule has 1 heterocycles. The number of carbonyl (C=O) groups excluding carboxylic acids is 1. The van der Waals surface area contributed by atoms with Crippen LogP contribution in [0.4, 0.5) is 0 Å². The van der Waals surface area contributed by atoms with Crippen LogP contribution in [0.15, 0.2) is 29.2 Å². The lowest BCUT2D eigenvalue weighted by Crippen LogP contribution is -2.46. The van der Waals surface area contributed by atoms with E-state index in [-0.39, 0.29) is 16.8 Å². The number of piperidine rings is 1. The van der Waals surface area contributed by atoms with Crippen molar-refractivity contribution in [1.82, 2.24) is 14.5 Å². The Labute approximate surface area is 156 Å². The second kappa shape index (κ2) is 9.45. The summed E-state index contributed by atoms with van der Waals surface area (Å²) in [6.07, 6.45) is 2.93. The first-order valence-corrected chi connectivity index (χ1v) is 10.4. The summed E-state index contributed by atoms with van der Waals surface area (Å²) in [5, 5.41) is 0. The van der Waals surface area contributed by atoms with Gasteiger partial charge in [0.25, 0.3) is 5.91 Å². The van der Waals surface area contributed by atoms with Crippen LogP contribution in [0.1, 0.15) is 29.6 Å². The van der Waals surface area contributed by atoms with Crippen LogP contribution >= 0.6 is 0 Å². The van der Waals surface area contributed by atoms with Gasteiger partial charge in [-0.15, -0.1) is 0 Å². The number of rotatable bonds is 8. The summed E-state index contributed by atoms with van der Waals surface area (Å²) in [7, 11) is 1.75. The summed E-state index contributed by atoms with van der Waals surface area (Å²) in [6.45, 7) is 2.08. The van der Waals surface area contributed by atoms with Crippen molar-refractivity contribution in [3.8, 4) is 0 Å². The molecule has 0 spiro atoms. The number of likely N-dealkylation sites (N-methyl/N-ethyl adjacent to an activating group) is 1. The summed E-state index contributed by atoms with van der Waals surface area (Å²) in [6, 6.07) is 6.29. The monoisotopic (exact) mass is 383 g/mol. The Bertz CT molecular complexity index is 704. The lowest BCUT2D eigenvalue weighted by Gasteiger charge is -2.35. The van der Waals surface area contributed by atoms with Crippen molar-refractivity contribution in [2.24, 2.45) is 0 Å². The second-order valence-electron chi connectivity index (χ2n) is 6.83. The van der Waals surface area contributed by atoms with Gasteiger partial charge in [0, 0.05) is 32.3 Å². The topological polar surface area (TPSA) is 78.9 Å². The molecule has 1 unspecified atom stereocenters. The van der Waals surface area contributed by atoms with E-state index in [1.165, 1.54) is 12.1 Å². The summed E-state index contributed by atoms with van der Waals surface area (Å²) in [5.74, 6) is -0.142. The molecule has 2 rings (SSSR count). The summed E-state index contributed by atoms with van der Waals surface area (Å²) < 4.78 is 32.7. The van der Waals surface area contributed by atoms with Gasteiger partial charge in [-0.1, -0.05) is 6.07 Å². The Morgan fingerprint density at radius 1 is 1.35 bits per heavy atom. The molecular formula is C18H29N3O4S. The molecule has 1 saturated heterocycles. The molecule has 1 aromatic rings. The predicted molar refractivity (Wildman–Crippen MR) is 101 cm³/mol. The molecule has 0 radical (unpaired) electrons. The minimum atomic E-state index is -3.64. The third kappa shape index (κ3) is 5.51. The molecule has 8 heteroatoms. The zero-order valence-electron chi connectivity index (χ0n) is 15.8. The maximum absolute atomic E-state index is 12.9. The van der Waals surface area contributed by atoms with Gasteiger partial charge in [-0.2, -0.15) is 0 Å². The van der Waals surface area contributed by atoms with Crippen molar-refractivity contribution >= 4 is 15.9 Å². The maximum Gasteiger partial charge on any atom is 0.254 e. The molecule has 26 heavy (non-hydrogen) atoms. The Kier molecular flexibility index (Phi) is 7.57. The molecule has 1 fully saturated rings. The van der Waals surface area contributed by atoms with Gasteiger partial charge < -0.3 is 14.5 Å². The number of sulfonamides is 1. The fourth-order valence-corrected chi connectivity index (χ4v) is 4.15. The highest BCUT2D eigenvalue weighted by atomic mass is 32.2. The number of amides is 1. The van der Waals surface area contributed by atoms with Gasteiger partial charge in [-0.25, -0.2) is 13.1 Å². The molecule has 0 saturated carbocycles. The third-order valence-corrected chi connectivity index (χ3v) is 5.95. The normalized spacial score (nSPS) is 18.3. The average molecular weight is 384 g/mol. The molecular weight excluding hydrogens is 354 g/mol. The Balaban J connectivity index is 2.15. The lowest BCUT2D eigenvalue weighted by molar-refractivity contribution is 0.0428. The summed E-state index contributed by atoms with van der Waals surface area (Å²) in [5.41, 5.74) is 0.392. The number of hydrogen-bond acceptors (Lipinski definition) is 5. The van der Waals surface area contributed by atoms with Gasteiger partial charge in [0.2, 0.25) is 10.0 Å². The van der Waals surface area contributed by atoms with E-state index in [1.807, 2.05) is 19.0 Å². The number of likely N-dealkylation sites (tertiary alicyclic amines) is 1. The van der Waals surface area contributed by atoms with Crippen molar-refractivity contribution in [1.29, 1.82) is 0 Å². The van der Waals surface area contributed by atoms with Crippen molar-refractivity contribution < 1.29 is 17.9 Å². The molecule has 146 valence electrons. The first kappa shape index (κ1) is 20.8. The molecule has 1 aliphatic heterocycles. The first-order valence-electron chi connectivity index (χ1n) is 8.89. The van der Waals surface area contributed by atoms with Crippen LogP contribution in [0.5, 0.6) is 0 Å². The Morgan fingerprint density at radius 2 is 2.12 bits per heavy atom. The number of benzene rings is 1. The standard InChI is InChI=1S/C18H29N3O4S/c1-20(2)12-10-19-26(23,24)17-9-6-7-15(13-17)18(22)21-11-5-4-8-16(21)14-25-3/h6-7,9,13,16,19H,4-5,8,10-12,14H2,1-3H3. The number of carbonyl (C=O) groups is 1. The van der Waals surface area contributed by atoms with Gasteiger partial charge >= 0.3 is 0 Å². The Morgan fingerprint density at radius 3 is 2.81 bits per heavy atom.